The van der Waals surface area contributed by atoms with E-state index in [4.69, 9.17) is 5.26 Å². The fraction of sp³-hybridized carbons (Fsp3) is 0.545. The maximum Gasteiger partial charge on any atom is 0.0991 e. The van der Waals surface area contributed by atoms with Gasteiger partial charge in [-0.05, 0) is 63.5 Å². The lowest BCUT2D eigenvalue weighted by Crippen LogP contribution is -2.43. The Hall–Kier alpha value is -2.16. The maximum atomic E-state index is 9.01. The predicted molar refractivity (Wildman–Crippen MR) is 108 cm³/mol. The molecule has 0 saturated carbocycles. The molecule has 1 aliphatic rings. The van der Waals surface area contributed by atoms with E-state index in [1.807, 2.05) is 30.1 Å². The molecule has 5 heteroatoms. The van der Waals surface area contributed by atoms with E-state index < -0.39 is 0 Å². The number of nitrogens with zero attached hydrogens (tertiary/aromatic N) is 5. The molecule has 1 aromatic carbocycles. The monoisotopic (exact) mass is 365 g/mol. The van der Waals surface area contributed by atoms with Crippen molar-refractivity contribution in [1.82, 2.24) is 19.6 Å². The SMILES string of the molecule is CCN1CCC[C@@H](CN(C)C(C)c2ccc(C#N)cc2)[C@@H]1c1cnn(C)c1. The molecule has 27 heavy (non-hydrogen) atoms. The highest BCUT2D eigenvalue weighted by molar-refractivity contribution is 5.32. The predicted octanol–water partition coefficient (Wildman–Crippen LogP) is 3.76. The van der Waals surface area contributed by atoms with Crippen LogP contribution in [-0.2, 0) is 7.05 Å². The van der Waals surface area contributed by atoms with Gasteiger partial charge in [0.2, 0.25) is 0 Å². The van der Waals surface area contributed by atoms with Crippen molar-refractivity contribution in [3.63, 3.8) is 0 Å². The van der Waals surface area contributed by atoms with Crippen LogP contribution < -0.4 is 0 Å². The van der Waals surface area contributed by atoms with Crippen molar-refractivity contribution in [2.45, 2.75) is 38.8 Å². The van der Waals surface area contributed by atoms with Crippen LogP contribution in [-0.4, -0.2) is 46.3 Å². The Balaban J connectivity index is 1.75. The second-order valence-corrected chi connectivity index (χ2v) is 7.77. The molecule has 1 unspecified atom stereocenters. The first kappa shape index (κ1) is 19.6. The molecule has 0 N–H and O–H groups in total. The van der Waals surface area contributed by atoms with Crippen LogP contribution in [0.2, 0.25) is 0 Å². The van der Waals surface area contributed by atoms with Crippen LogP contribution in [0.3, 0.4) is 0 Å². The van der Waals surface area contributed by atoms with Gasteiger partial charge in [0.25, 0.3) is 0 Å². The molecular formula is C22H31N5. The number of benzene rings is 1. The van der Waals surface area contributed by atoms with Crippen LogP contribution in [0.25, 0.3) is 0 Å². The zero-order valence-electron chi connectivity index (χ0n) is 17.0. The number of aryl methyl sites for hydroxylation is 1. The van der Waals surface area contributed by atoms with Gasteiger partial charge in [-0.3, -0.25) is 14.5 Å². The Morgan fingerprint density at radius 3 is 2.67 bits per heavy atom. The summed E-state index contributed by atoms with van der Waals surface area (Å²) >= 11 is 0. The van der Waals surface area contributed by atoms with E-state index in [1.54, 1.807) is 0 Å². The molecular weight excluding hydrogens is 334 g/mol. The molecule has 3 rings (SSSR count). The van der Waals surface area contributed by atoms with Crippen LogP contribution in [0, 0.1) is 17.2 Å². The Morgan fingerprint density at radius 1 is 1.33 bits per heavy atom. The van der Waals surface area contributed by atoms with Crippen molar-refractivity contribution in [1.29, 1.82) is 5.26 Å². The molecule has 5 nitrogen and oxygen atoms in total. The van der Waals surface area contributed by atoms with Gasteiger partial charge in [-0.1, -0.05) is 19.1 Å². The summed E-state index contributed by atoms with van der Waals surface area (Å²) in [6.07, 6.45) is 6.72. The summed E-state index contributed by atoms with van der Waals surface area (Å²) in [5.41, 5.74) is 3.32. The lowest BCUT2D eigenvalue weighted by atomic mass is 9.85. The molecule has 0 bridgehead atoms. The maximum absolute atomic E-state index is 9.01. The van der Waals surface area contributed by atoms with E-state index >= 15 is 0 Å². The quantitative estimate of drug-likeness (QED) is 0.782. The molecule has 2 aromatic rings. The number of hydrogen-bond donors (Lipinski definition) is 0. The molecule has 0 spiro atoms. The second-order valence-electron chi connectivity index (χ2n) is 7.77. The van der Waals surface area contributed by atoms with Gasteiger partial charge in [0.05, 0.1) is 17.8 Å². The van der Waals surface area contributed by atoms with Crippen molar-refractivity contribution in [3.8, 4) is 6.07 Å². The van der Waals surface area contributed by atoms with E-state index in [9.17, 15) is 0 Å². The van der Waals surface area contributed by atoms with Gasteiger partial charge in [0.1, 0.15) is 0 Å². The Bertz CT molecular complexity index is 773. The number of rotatable bonds is 6. The third-order valence-corrected chi connectivity index (χ3v) is 6.04. The van der Waals surface area contributed by atoms with Crippen molar-refractivity contribution >= 4 is 0 Å². The van der Waals surface area contributed by atoms with Crippen LogP contribution >= 0.6 is 0 Å². The number of nitriles is 1. The smallest absolute Gasteiger partial charge is 0.0991 e. The minimum Gasteiger partial charge on any atom is -0.299 e. The summed E-state index contributed by atoms with van der Waals surface area (Å²) < 4.78 is 1.91. The van der Waals surface area contributed by atoms with E-state index in [-0.39, 0.29) is 0 Å². The number of aromatic nitrogens is 2. The fourth-order valence-electron chi connectivity index (χ4n) is 4.39. The van der Waals surface area contributed by atoms with Gasteiger partial charge in [0, 0.05) is 37.4 Å². The molecule has 1 saturated heterocycles. The third-order valence-electron chi connectivity index (χ3n) is 6.04. The zero-order valence-corrected chi connectivity index (χ0v) is 17.0. The van der Waals surface area contributed by atoms with E-state index in [1.165, 1.54) is 30.5 Å². The van der Waals surface area contributed by atoms with Gasteiger partial charge >= 0.3 is 0 Å². The molecule has 2 heterocycles. The molecule has 1 aliphatic heterocycles. The summed E-state index contributed by atoms with van der Waals surface area (Å²) in [4.78, 5) is 5.06. The van der Waals surface area contributed by atoms with Gasteiger partial charge in [-0.2, -0.15) is 10.4 Å². The van der Waals surface area contributed by atoms with E-state index in [0.717, 1.165) is 18.7 Å². The normalized spacial score (nSPS) is 21.9. The van der Waals surface area contributed by atoms with Gasteiger partial charge in [-0.25, -0.2) is 0 Å². The van der Waals surface area contributed by atoms with Crippen molar-refractivity contribution < 1.29 is 0 Å². The van der Waals surface area contributed by atoms with E-state index in [2.05, 4.69) is 60.2 Å². The topological polar surface area (TPSA) is 48.1 Å². The molecule has 1 aromatic heterocycles. The van der Waals surface area contributed by atoms with Crippen molar-refractivity contribution in [2.24, 2.45) is 13.0 Å². The third kappa shape index (κ3) is 4.40. The molecule has 3 atom stereocenters. The largest absolute Gasteiger partial charge is 0.299 e. The molecule has 0 amide bonds. The first-order valence-corrected chi connectivity index (χ1v) is 9.96. The van der Waals surface area contributed by atoms with Gasteiger partial charge in [-0.15, -0.1) is 0 Å². The minimum atomic E-state index is 0.323. The minimum absolute atomic E-state index is 0.323. The van der Waals surface area contributed by atoms with Gasteiger partial charge in [0.15, 0.2) is 0 Å². The zero-order chi connectivity index (χ0) is 19.4. The summed E-state index contributed by atoms with van der Waals surface area (Å²) in [5, 5.41) is 13.4. The van der Waals surface area contributed by atoms with Crippen LogP contribution in [0.15, 0.2) is 36.7 Å². The summed E-state index contributed by atoms with van der Waals surface area (Å²) in [7, 11) is 4.21. The Labute approximate surface area is 163 Å². The van der Waals surface area contributed by atoms with E-state index in [0.29, 0.717) is 18.0 Å². The highest BCUT2D eigenvalue weighted by Crippen LogP contribution is 2.37. The molecule has 0 aliphatic carbocycles. The first-order chi connectivity index (χ1) is 13.0. The van der Waals surface area contributed by atoms with Crippen LogP contribution in [0.5, 0.6) is 0 Å². The average molecular weight is 366 g/mol. The second kappa shape index (κ2) is 8.69. The number of likely N-dealkylation sites (tertiary alicyclic amines) is 1. The number of hydrogen-bond acceptors (Lipinski definition) is 4. The van der Waals surface area contributed by atoms with Crippen LogP contribution in [0.4, 0.5) is 0 Å². The average Bonchev–Trinajstić information content (AvgIpc) is 3.13. The van der Waals surface area contributed by atoms with Crippen molar-refractivity contribution in [2.75, 3.05) is 26.7 Å². The van der Waals surface area contributed by atoms with Crippen molar-refractivity contribution in [3.05, 3.63) is 53.3 Å². The highest BCUT2D eigenvalue weighted by Gasteiger charge is 2.33. The fourth-order valence-corrected chi connectivity index (χ4v) is 4.39. The lowest BCUT2D eigenvalue weighted by Gasteiger charge is -2.43. The summed E-state index contributed by atoms with van der Waals surface area (Å²) in [6.45, 7) is 7.80. The Kier molecular flexibility index (Phi) is 6.30. The molecule has 1 fully saturated rings. The lowest BCUT2D eigenvalue weighted by molar-refractivity contribution is 0.0680. The van der Waals surface area contributed by atoms with Crippen LogP contribution in [0.1, 0.15) is 55.5 Å². The Morgan fingerprint density at radius 2 is 2.07 bits per heavy atom. The summed E-state index contributed by atoms with van der Waals surface area (Å²) in [6, 6.07) is 10.9. The first-order valence-electron chi connectivity index (χ1n) is 9.96. The number of piperidine rings is 1. The summed E-state index contributed by atoms with van der Waals surface area (Å²) in [5.74, 6) is 0.591. The highest BCUT2D eigenvalue weighted by atomic mass is 15.3. The molecule has 144 valence electrons. The molecule has 0 radical (unpaired) electrons. The standard InChI is InChI=1S/C22H31N5/c1-5-27-12-6-7-20(22(27)21-14-24-26(4)16-21)15-25(3)17(2)19-10-8-18(13-23)9-11-19/h8-11,14,16-17,20,22H,5-7,12,15H2,1-4H3/t17?,20-,22+/m0/s1. The van der Waals surface area contributed by atoms with Gasteiger partial charge < -0.3 is 0 Å².